The van der Waals surface area contributed by atoms with Gasteiger partial charge < -0.3 is 9.73 Å². The van der Waals surface area contributed by atoms with E-state index in [0.29, 0.717) is 12.1 Å². The van der Waals surface area contributed by atoms with Gasteiger partial charge in [-0.3, -0.25) is 9.78 Å². The van der Waals surface area contributed by atoms with E-state index in [0.717, 1.165) is 33.7 Å². The molecule has 0 atom stereocenters. The number of nitrogens with one attached hydrogen (secondary N) is 1. The maximum absolute atomic E-state index is 12.8. The highest BCUT2D eigenvalue weighted by atomic mass is 16.3. The topological polar surface area (TPSA) is 68.0 Å². The second-order valence-electron chi connectivity index (χ2n) is 6.01. The molecule has 5 nitrogen and oxygen atoms in total. The van der Waals surface area contributed by atoms with Gasteiger partial charge in [-0.05, 0) is 43.3 Å². The van der Waals surface area contributed by atoms with E-state index >= 15 is 0 Å². The highest BCUT2D eigenvalue weighted by Crippen LogP contribution is 2.24. The van der Waals surface area contributed by atoms with Crippen LogP contribution in [0, 0.1) is 6.92 Å². The van der Waals surface area contributed by atoms with Crippen molar-refractivity contribution in [1.29, 1.82) is 0 Å². The molecule has 0 aliphatic heterocycles. The van der Waals surface area contributed by atoms with Gasteiger partial charge in [-0.25, -0.2) is 4.98 Å². The first kappa shape index (κ1) is 16.0. The molecule has 5 heteroatoms. The molecule has 128 valence electrons. The van der Waals surface area contributed by atoms with Crippen LogP contribution in [-0.4, -0.2) is 15.9 Å². The van der Waals surface area contributed by atoms with Crippen LogP contribution in [0.25, 0.3) is 22.2 Å². The number of nitrogens with zero attached hydrogens (tertiary/aromatic N) is 2. The Morgan fingerprint density at radius 2 is 2.00 bits per heavy atom. The summed E-state index contributed by atoms with van der Waals surface area (Å²) in [5.41, 5.74) is 2.94. The van der Waals surface area contributed by atoms with Crippen molar-refractivity contribution in [2.45, 2.75) is 13.5 Å². The highest BCUT2D eigenvalue weighted by molar-refractivity contribution is 6.07. The number of furan rings is 1. The molecule has 0 aliphatic rings. The number of aryl methyl sites for hydroxylation is 1. The van der Waals surface area contributed by atoms with Crippen LogP contribution in [0.5, 0.6) is 0 Å². The Balaban J connectivity index is 1.71. The Hall–Kier alpha value is -3.47. The van der Waals surface area contributed by atoms with E-state index in [4.69, 9.17) is 4.42 Å². The third-order valence-electron chi connectivity index (χ3n) is 4.14. The number of rotatable bonds is 4. The number of carbonyl (C=O) groups is 1. The predicted molar refractivity (Wildman–Crippen MR) is 99.6 cm³/mol. The Morgan fingerprint density at radius 1 is 1.12 bits per heavy atom. The molecular weight excluding hydrogens is 326 g/mol. The number of hydrogen-bond donors (Lipinski definition) is 1. The Kier molecular flexibility index (Phi) is 4.19. The lowest BCUT2D eigenvalue weighted by atomic mass is 10.0. The molecule has 0 spiro atoms. The van der Waals surface area contributed by atoms with Crippen molar-refractivity contribution < 1.29 is 9.21 Å². The summed E-state index contributed by atoms with van der Waals surface area (Å²) in [6.07, 6.45) is 3.45. The van der Waals surface area contributed by atoms with E-state index in [2.05, 4.69) is 15.3 Å². The van der Waals surface area contributed by atoms with Crippen molar-refractivity contribution in [3.8, 4) is 11.3 Å². The lowest BCUT2D eigenvalue weighted by Gasteiger charge is -2.10. The van der Waals surface area contributed by atoms with Crippen LogP contribution in [-0.2, 0) is 6.54 Å². The minimum atomic E-state index is -0.164. The van der Waals surface area contributed by atoms with Crippen LogP contribution in [0.15, 0.2) is 71.4 Å². The fraction of sp³-hybridized carbons (Fsp3) is 0.0952. The van der Waals surface area contributed by atoms with Crippen molar-refractivity contribution in [1.82, 2.24) is 15.3 Å². The van der Waals surface area contributed by atoms with Crippen molar-refractivity contribution in [2.24, 2.45) is 0 Å². The van der Waals surface area contributed by atoms with Gasteiger partial charge >= 0.3 is 0 Å². The predicted octanol–water partition coefficient (Wildman–Crippen LogP) is 4.13. The Bertz CT molecular complexity index is 1070. The highest BCUT2D eigenvalue weighted by Gasteiger charge is 2.14. The number of aromatic nitrogens is 2. The fourth-order valence-electron chi connectivity index (χ4n) is 2.87. The van der Waals surface area contributed by atoms with Crippen LogP contribution in [0.4, 0.5) is 0 Å². The second kappa shape index (κ2) is 6.80. The molecule has 0 aliphatic carbocycles. The molecule has 0 saturated carbocycles. The molecule has 3 aromatic heterocycles. The molecule has 0 fully saturated rings. The van der Waals surface area contributed by atoms with Gasteiger partial charge in [0.2, 0.25) is 0 Å². The molecular formula is C21H17N3O2. The average Bonchev–Trinajstić information content (AvgIpc) is 3.11. The fourth-order valence-corrected chi connectivity index (χ4v) is 2.87. The van der Waals surface area contributed by atoms with Crippen LogP contribution >= 0.6 is 0 Å². The van der Waals surface area contributed by atoms with E-state index < -0.39 is 0 Å². The molecule has 1 N–H and O–H groups in total. The number of carbonyl (C=O) groups excluding carboxylic acids is 1. The lowest BCUT2D eigenvalue weighted by Crippen LogP contribution is -2.23. The summed E-state index contributed by atoms with van der Waals surface area (Å²) in [6, 6.07) is 17.0. The SMILES string of the molecule is Cc1ccc(CNC(=O)c2cc(-c3cccnc3)nc3ccccc23)o1. The molecule has 3 heterocycles. The molecule has 0 bridgehead atoms. The largest absolute Gasteiger partial charge is 0.465 e. The van der Waals surface area contributed by atoms with Crippen LogP contribution in [0.3, 0.4) is 0 Å². The zero-order valence-electron chi connectivity index (χ0n) is 14.3. The van der Waals surface area contributed by atoms with Gasteiger partial charge in [-0.15, -0.1) is 0 Å². The minimum Gasteiger partial charge on any atom is -0.465 e. The molecule has 1 aromatic carbocycles. The number of amides is 1. The third kappa shape index (κ3) is 3.19. The van der Waals surface area contributed by atoms with Crippen molar-refractivity contribution in [2.75, 3.05) is 0 Å². The van der Waals surface area contributed by atoms with Crippen LogP contribution in [0.2, 0.25) is 0 Å². The quantitative estimate of drug-likeness (QED) is 0.605. The maximum atomic E-state index is 12.8. The summed E-state index contributed by atoms with van der Waals surface area (Å²) >= 11 is 0. The monoisotopic (exact) mass is 343 g/mol. The van der Waals surface area contributed by atoms with Gasteiger partial charge in [0, 0.05) is 23.3 Å². The summed E-state index contributed by atoms with van der Waals surface area (Å²) in [5.74, 6) is 1.38. The lowest BCUT2D eigenvalue weighted by molar-refractivity contribution is 0.0949. The van der Waals surface area contributed by atoms with Gasteiger partial charge in [0.25, 0.3) is 5.91 Å². The van der Waals surface area contributed by atoms with Crippen LogP contribution < -0.4 is 5.32 Å². The van der Waals surface area contributed by atoms with Crippen molar-refractivity contribution in [3.05, 3.63) is 84.1 Å². The standard InChI is InChI=1S/C21H17N3O2/c1-14-8-9-16(26-14)13-23-21(25)18-11-20(15-5-4-10-22-12-15)24-19-7-3-2-6-17(18)19/h2-12H,13H2,1H3,(H,23,25). The van der Waals surface area contributed by atoms with Gasteiger partial charge in [0.1, 0.15) is 11.5 Å². The molecule has 4 aromatic rings. The summed E-state index contributed by atoms with van der Waals surface area (Å²) < 4.78 is 5.51. The second-order valence-corrected chi connectivity index (χ2v) is 6.01. The smallest absolute Gasteiger partial charge is 0.252 e. The van der Waals surface area contributed by atoms with Crippen molar-refractivity contribution >= 4 is 16.8 Å². The van der Waals surface area contributed by atoms with Crippen molar-refractivity contribution in [3.63, 3.8) is 0 Å². The molecule has 0 radical (unpaired) electrons. The molecule has 0 saturated heterocycles. The first-order chi connectivity index (χ1) is 12.7. The summed E-state index contributed by atoms with van der Waals surface area (Å²) in [4.78, 5) is 21.6. The van der Waals surface area contributed by atoms with Gasteiger partial charge in [0.15, 0.2) is 0 Å². The number of benzene rings is 1. The number of hydrogen-bond acceptors (Lipinski definition) is 4. The molecule has 26 heavy (non-hydrogen) atoms. The first-order valence-corrected chi connectivity index (χ1v) is 8.34. The minimum absolute atomic E-state index is 0.164. The van der Waals surface area contributed by atoms with E-state index in [9.17, 15) is 4.79 Å². The summed E-state index contributed by atoms with van der Waals surface area (Å²) in [5, 5.41) is 3.74. The molecule has 4 rings (SSSR count). The number of para-hydroxylation sites is 1. The van der Waals surface area contributed by atoms with Gasteiger partial charge in [-0.1, -0.05) is 18.2 Å². The van der Waals surface area contributed by atoms with E-state index in [-0.39, 0.29) is 5.91 Å². The average molecular weight is 343 g/mol. The normalized spacial score (nSPS) is 10.8. The van der Waals surface area contributed by atoms with E-state index in [1.807, 2.05) is 61.5 Å². The third-order valence-corrected chi connectivity index (χ3v) is 4.14. The first-order valence-electron chi connectivity index (χ1n) is 8.34. The molecule has 0 unspecified atom stereocenters. The molecule has 1 amide bonds. The Morgan fingerprint density at radius 3 is 2.77 bits per heavy atom. The van der Waals surface area contributed by atoms with E-state index in [1.165, 1.54) is 0 Å². The summed E-state index contributed by atoms with van der Waals surface area (Å²) in [7, 11) is 0. The zero-order chi connectivity index (χ0) is 17.9. The van der Waals surface area contributed by atoms with Crippen LogP contribution in [0.1, 0.15) is 21.9 Å². The maximum Gasteiger partial charge on any atom is 0.252 e. The number of fused-ring (bicyclic) bond motifs is 1. The van der Waals surface area contributed by atoms with Gasteiger partial charge in [-0.2, -0.15) is 0 Å². The number of pyridine rings is 2. The summed E-state index contributed by atoms with van der Waals surface area (Å²) in [6.45, 7) is 2.22. The van der Waals surface area contributed by atoms with E-state index in [1.54, 1.807) is 12.4 Å². The zero-order valence-corrected chi connectivity index (χ0v) is 14.3. The van der Waals surface area contributed by atoms with Gasteiger partial charge in [0.05, 0.1) is 23.3 Å². The Labute approximate surface area is 150 Å².